The largest absolute Gasteiger partial charge is 0.491 e. The Morgan fingerprint density at radius 2 is 2.19 bits per heavy atom. The molecule has 0 unspecified atom stereocenters. The summed E-state index contributed by atoms with van der Waals surface area (Å²) in [5, 5.41) is 21.6. The normalized spacial score (nSPS) is 12.1. The van der Waals surface area contributed by atoms with Crippen molar-refractivity contribution in [1.82, 2.24) is 14.8 Å². The van der Waals surface area contributed by atoms with Gasteiger partial charge in [-0.05, 0) is 37.4 Å². The molecule has 3 aromatic rings. The number of hydrogen-bond acceptors (Lipinski definition) is 7. The standard InChI is InChI=1S/C19H21N3O3S2/c1-3-22-18(17-8-5-9-26-17)20-21-19(22)27-12-15(24)11-25-16-7-4-6-14(10-16)13(2)23/h4-10,15,24H,3,11-12H2,1-2H3/t15-/m0/s1. The molecule has 0 radical (unpaired) electrons. The summed E-state index contributed by atoms with van der Waals surface area (Å²) in [6, 6.07) is 11.0. The Morgan fingerprint density at radius 3 is 2.89 bits per heavy atom. The average molecular weight is 404 g/mol. The van der Waals surface area contributed by atoms with E-state index in [2.05, 4.69) is 10.2 Å². The number of ketones is 1. The van der Waals surface area contributed by atoms with Crippen LogP contribution in [0.1, 0.15) is 24.2 Å². The molecule has 0 saturated heterocycles. The molecule has 3 rings (SSSR count). The number of aliphatic hydroxyl groups excluding tert-OH is 1. The summed E-state index contributed by atoms with van der Waals surface area (Å²) in [5.41, 5.74) is 0.591. The van der Waals surface area contributed by atoms with Crippen molar-refractivity contribution in [3.63, 3.8) is 0 Å². The fraction of sp³-hybridized carbons (Fsp3) is 0.316. The Hall–Kier alpha value is -2.16. The fourth-order valence-electron chi connectivity index (χ4n) is 2.48. The molecule has 1 N–H and O–H groups in total. The Bertz CT molecular complexity index is 894. The molecule has 0 amide bonds. The molecule has 2 heterocycles. The summed E-state index contributed by atoms with van der Waals surface area (Å²) in [5.74, 6) is 1.84. The van der Waals surface area contributed by atoms with Crippen LogP contribution in [0.25, 0.3) is 10.7 Å². The first-order valence-corrected chi connectivity index (χ1v) is 10.5. The quantitative estimate of drug-likeness (QED) is 0.433. The monoisotopic (exact) mass is 403 g/mol. The smallest absolute Gasteiger partial charge is 0.191 e. The van der Waals surface area contributed by atoms with Gasteiger partial charge in [0.05, 0.1) is 11.0 Å². The van der Waals surface area contributed by atoms with Crippen molar-refractivity contribution < 1.29 is 14.6 Å². The number of aliphatic hydroxyl groups is 1. The molecule has 0 saturated carbocycles. The third-order valence-corrected chi connectivity index (χ3v) is 5.84. The van der Waals surface area contributed by atoms with Crippen LogP contribution in [0.15, 0.2) is 46.9 Å². The maximum atomic E-state index is 11.4. The second-order valence-electron chi connectivity index (χ2n) is 5.89. The number of carbonyl (C=O) groups is 1. The van der Waals surface area contributed by atoms with Crippen molar-refractivity contribution in [1.29, 1.82) is 0 Å². The van der Waals surface area contributed by atoms with E-state index in [1.165, 1.54) is 18.7 Å². The van der Waals surface area contributed by atoms with Crippen molar-refractivity contribution in [2.75, 3.05) is 12.4 Å². The number of thioether (sulfide) groups is 1. The molecule has 142 valence electrons. The number of ether oxygens (including phenoxy) is 1. The first-order valence-electron chi connectivity index (χ1n) is 8.60. The van der Waals surface area contributed by atoms with Gasteiger partial charge in [-0.3, -0.25) is 4.79 Å². The zero-order chi connectivity index (χ0) is 19.2. The number of Topliss-reactive ketones (excluding diaryl/α,β-unsaturated/α-hetero) is 1. The minimum atomic E-state index is -0.664. The van der Waals surface area contributed by atoms with Gasteiger partial charge < -0.3 is 14.4 Å². The molecule has 0 aliphatic heterocycles. The molecular formula is C19H21N3O3S2. The number of aromatic nitrogens is 3. The highest BCUT2D eigenvalue weighted by Gasteiger charge is 2.16. The highest BCUT2D eigenvalue weighted by atomic mass is 32.2. The Labute approximate surface area is 166 Å². The first-order chi connectivity index (χ1) is 13.1. The number of rotatable bonds is 9. The minimum absolute atomic E-state index is 0.0167. The van der Waals surface area contributed by atoms with Gasteiger partial charge >= 0.3 is 0 Å². The lowest BCUT2D eigenvalue weighted by Crippen LogP contribution is -2.20. The van der Waals surface area contributed by atoms with Crippen molar-refractivity contribution in [3.8, 4) is 16.5 Å². The summed E-state index contributed by atoms with van der Waals surface area (Å²) < 4.78 is 7.65. The Kier molecular flexibility index (Phi) is 6.65. The Balaban J connectivity index is 1.56. The highest BCUT2D eigenvalue weighted by molar-refractivity contribution is 7.99. The lowest BCUT2D eigenvalue weighted by molar-refractivity contribution is 0.101. The van der Waals surface area contributed by atoms with Crippen LogP contribution in [0.4, 0.5) is 0 Å². The van der Waals surface area contributed by atoms with Crippen LogP contribution in [-0.4, -0.2) is 44.1 Å². The predicted molar refractivity (Wildman–Crippen MR) is 108 cm³/mol. The van der Waals surface area contributed by atoms with Gasteiger partial charge in [-0.15, -0.1) is 21.5 Å². The van der Waals surface area contributed by atoms with Crippen LogP contribution in [0.5, 0.6) is 5.75 Å². The highest BCUT2D eigenvalue weighted by Crippen LogP contribution is 2.27. The van der Waals surface area contributed by atoms with Gasteiger partial charge in [0.25, 0.3) is 0 Å². The van der Waals surface area contributed by atoms with E-state index >= 15 is 0 Å². The maximum Gasteiger partial charge on any atom is 0.191 e. The zero-order valence-electron chi connectivity index (χ0n) is 15.2. The van der Waals surface area contributed by atoms with Crippen LogP contribution in [-0.2, 0) is 6.54 Å². The van der Waals surface area contributed by atoms with E-state index in [0.717, 1.165) is 22.4 Å². The molecule has 1 atom stereocenters. The maximum absolute atomic E-state index is 11.4. The molecule has 0 spiro atoms. The van der Waals surface area contributed by atoms with Gasteiger partial charge in [-0.1, -0.05) is 30.0 Å². The van der Waals surface area contributed by atoms with Gasteiger partial charge in [0.1, 0.15) is 12.4 Å². The predicted octanol–water partition coefficient (Wildman–Crippen LogP) is 3.76. The molecule has 0 aliphatic rings. The van der Waals surface area contributed by atoms with E-state index in [1.54, 1.807) is 35.6 Å². The zero-order valence-corrected chi connectivity index (χ0v) is 16.8. The number of thiophene rings is 1. The van der Waals surface area contributed by atoms with E-state index in [1.807, 2.05) is 29.0 Å². The summed E-state index contributed by atoms with van der Waals surface area (Å²) in [6.45, 7) is 4.46. The van der Waals surface area contributed by atoms with Crippen molar-refractivity contribution in [2.45, 2.75) is 31.7 Å². The van der Waals surface area contributed by atoms with Crippen molar-refractivity contribution >= 4 is 28.9 Å². The number of carbonyl (C=O) groups excluding carboxylic acids is 1. The molecule has 2 aromatic heterocycles. The van der Waals surface area contributed by atoms with Crippen LogP contribution in [0.3, 0.4) is 0 Å². The van der Waals surface area contributed by atoms with Crippen LogP contribution >= 0.6 is 23.1 Å². The molecule has 0 bridgehead atoms. The topological polar surface area (TPSA) is 77.2 Å². The molecular weight excluding hydrogens is 382 g/mol. The second-order valence-corrected chi connectivity index (χ2v) is 7.82. The van der Waals surface area contributed by atoms with Crippen LogP contribution in [0, 0.1) is 0 Å². The number of hydrogen-bond donors (Lipinski definition) is 1. The van der Waals surface area contributed by atoms with Crippen molar-refractivity contribution in [3.05, 3.63) is 47.3 Å². The molecule has 1 aromatic carbocycles. The van der Waals surface area contributed by atoms with Gasteiger partial charge in [-0.25, -0.2) is 0 Å². The van der Waals surface area contributed by atoms with Crippen molar-refractivity contribution in [2.24, 2.45) is 0 Å². The van der Waals surface area contributed by atoms with Crippen LogP contribution in [0.2, 0.25) is 0 Å². The first kappa shape index (κ1) is 19.6. The lowest BCUT2D eigenvalue weighted by atomic mass is 10.1. The summed E-state index contributed by atoms with van der Waals surface area (Å²) >= 11 is 3.08. The van der Waals surface area contributed by atoms with E-state index in [9.17, 15) is 9.90 Å². The van der Waals surface area contributed by atoms with Gasteiger partial charge in [0.2, 0.25) is 0 Å². The molecule has 27 heavy (non-hydrogen) atoms. The Morgan fingerprint density at radius 1 is 1.33 bits per heavy atom. The van der Waals surface area contributed by atoms with Gasteiger partial charge in [0.15, 0.2) is 16.8 Å². The molecule has 0 aliphatic carbocycles. The van der Waals surface area contributed by atoms with Gasteiger partial charge in [0, 0.05) is 17.9 Å². The summed E-state index contributed by atoms with van der Waals surface area (Å²) in [7, 11) is 0. The number of benzene rings is 1. The third kappa shape index (κ3) is 4.97. The molecule has 6 nitrogen and oxygen atoms in total. The van der Waals surface area contributed by atoms with Gasteiger partial charge in [-0.2, -0.15) is 0 Å². The fourth-order valence-corrected chi connectivity index (χ4v) is 4.11. The van der Waals surface area contributed by atoms with E-state index in [0.29, 0.717) is 17.1 Å². The summed E-state index contributed by atoms with van der Waals surface area (Å²) in [6.07, 6.45) is -0.664. The molecule has 0 fully saturated rings. The van der Waals surface area contributed by atoms with E-state index in [-0.39, 0.29) is 12.4 Å². The minimum Gasteiger partial charge on any atom is -0.491 e. The third-order valence-electron chi connectivity index (χ3n) is 3.86. The summed E-state index contributed by atoms with van der Waals surface area (Å²) in [4.78, 5) is 12.5. The number of nitrogens with zero attached hydrogens (tertiary/aromatic N) is 3. The average Bonchev–Trinajstić information content (AvgIpc) is 3.33. The van der Waals surface area contributed by atoms with E-state index < -0.39 is 6.10 Å². The molecule has 8 heteroatoms. The SMILES string of the molecule is CCn1c(SC[C@@H](O)COc2cccc(C(C)=O)c2)nnc1-c1cccs1. The second kappa shape index (κ2) is 9.16. The van der Waals surface area contributed by atoms with E-state index in [4.69, 9.17) is 4.74 Å². The van der Waals surface area contributed by atoms with Crippen LogP contribution < -0.4 is 4.74 Å². The lowest BCUT2D eigenvalue weighted by Gasteiger charge is -2.13.